The van der Waals surface area contributed by atoms with Crippen LogP contribution in [0.15, 0.2) is 42.6 Å². The van der Waals surface area contributed by atoms with E-state index in [0.717, 1.165) is 51.0 Å². The molecule has 1 aromatic carbocycles. The van der Waals surface area contributed by atoms with E-state index in [4.69, 9.17) is 0 Å². The van der Waals surface area contributed by atoms with Crippen molar-refractivity contribution in [3.63, 3.8) is 0 Å². The Bertz CT molecular complexity index is 894. The number of likely N-dealkylation sites (tertiary alicyclic amines) is 1. The highest BCUT2D eigenvalue weighted by Gasteiger charge is 2.37. The molecule has 31 heavy (non-hydrogen) atoms. The lowest BCUT2D eigenvalue weighted by Gasteiger charge is -2.34. The van der Waals surface area contributed by atoms with Crippen molar-refractivity contribution in [2.45, 2.75) is 44.9 Å². The number of aryl methyl sites for hydroxylation is 1. The number of Topliss-reactive ketones (excluding diaryl/α,β-unsaturated/α-hetero) is 1. The van der Waals surface area contributed by atoms with Crippen LogP contribution in [0, 0.1) is 29.0 Å². The van der Waals surface area contributed by atoms with Crippen molar-refractivity contribution in [1.82, 2.24) is 9.47 Å². The maximum atomic E-state index is 13.1. The number of piperidine rings is 1. The van der Waals surface area contributed by atoms with Gasteiger partial charge in [0, 0.05) is 30.4 Å². The van der Waals surface area contributed by atoms with E-state index >= 15 is 0 Å². The minimum atomic E-state index is -0.477. The first-order chi connectivity index (χ1) is 14.4. The number of rotatable bonds is 8. The zero-order valence-electron chi connectivity index (χ0n) is 18.7. The van der Waals surface area contributed by atoms with Gasteiger partial charge in [-0.2, -0.15) is 5.26 Å². The summed E-state index contributed by atoms with van der Waals surface area (Å²) in [6.45, 7) is 6.98. The molecule has 0 amide bonds. The molecule has 1 atom stereocenters. The van der Waals surface area contributed by atoms with Crippen LogP contribution in [-0.4, -0.2) is 34.9 Å². The normalized spacial score (nSPS) is 17.0. The van der Waals surface area contributed by atoms with E-state index in [-0.39, 0.29) is 35.8 Å². The molecule has 0 aliphatic carbocycles. The topological polar surface area (TPSA) is 49.0 Å². The van der Waals surface area contributed by atoms with Gasteiger partial charge >= 0.3 is 0 Å². The molecule has 1 unspecified atom stereocenters. The Hall–Kier alpha value is -2.16. The molecule has 168 valence electrons. The number of hydrogen-bond acceptors (Lipinski definition) is 3. The summed E-state index contributed by atoms with van der Waals surface area (Å²) >= 11 is 0. The first-order valence-electron chi connectivity index (χ1n) is 10.9. The number of carbonyl (C=O) groups excluding carboxylic acids is 1. The Labute approximate surface area is 191 Å². The quantitative estimate of drug-likeness (QED) is 0.512. The van der Waals surface area contributed by atoms with Crippen molar-refractivity contribution in [3.8, 4) is 6.07 Å². The molecule has 0 radical (unpaired) electrons. The predicted molar refractivity (Wildman–Crippen MR) is 124 cm³/mol. The smallest absolute Gasteiger partial charge is 0.166 e. The lowest BCUT2D eigenvalue weighted by Crippen LogP contribution is -2.38. The van der Waals surface area contributed by atoms with Crippen LogP contribution in [0.3, 0.4) is 0 Å². The molecule has 1 saturated heterocycles. The summed E-state index contributed by atoms with van der Waals surface area (Å²) in [7, 11) is 2.01. The first kappa shape index (κ1) is 25.1. The van der Waals surface area contributed by atoms with Crippen LogP contribution in [0.4, 0.5) is 4.39 Å². The van der Waals surface area contributed by atoms with Gasteiger partial charge in [0.25, 0.3) is 0 Å². The number of benzene rings is 1. The third-order valence-electron chi connectivity index (χ3n) is 6.72. The van der Waals surface area contributed by atoms with Gasteiger partial charge in [0.15, 0.2) is 5.78 Å². The van der Waals surface area contributed by atoms with Gasteiger partial charge in [-0.15, -0.1) is 12.4 Å². The van der Waals surface area contributed by atoms with Crippen LogP contribution in [0.25, 0.3) is 0 Å². The predicted octanol–water partition coefficient (Wildman–Crippen LogP) is 5.38. The summed E-state index contributed by atoms with van der Waals surface area (Å²) in [6.07, 6.45) is 5.46. The van der Waals surface area contributed by atoms with E-state index in [2.05, 4.69) is 35.5 Å². The van der Waals surface area contributed by atoms with Crippen LogP contribution in [0.1, 0.15) is 55.6 Å². The van der Waals surface area contributed by atoms with Crippen molar-refractivity contribution in [2.24, 2.45) is 18.9 Å². The second kappa shape index (κ2) is 10.9. The van der Waals surface area contributed by atoms with Crippen LogP contribution >= 0.6 is 12.4 Å². The minimum absolute atomic E-state index is 0. The maximum absolute atomic E-state index is 13.1. The van der Waals surface area contributed by atoms with Gasteiger partial charge in [-0.3, -0.25) is 4.79 Å². The number of nitrogens with zero attached hydrogens (tertiary/aromatic N) is 3. The largest absolute Gasteiger partial charge is 0.353 e. The summed E-state index contributed by atoms with van der Waals surface area (Å²) in [4.78, 5) is 15.1. The highest BCUT2D eigenvalue weighted by atomic mass is 35.5. The fourth-order valence-corrected chi connectivity index (χ4v) is 4.73. The van der Waals surface area contributed by atoms with Crippen molar-refractivity contribution in [1.29, 1.82) is 5.26 Å². The molecule has 2 aromatic rings. The van der Waals surface area contributed by atoms with Gasteiger partial charge in [0.05, 0.1) is 11.5 Å². The van der Waals surface area contributed by atoms with Gasteiger partial charge in [-0.25, -0.2) is 4.39 Å². The molecule has 1 aliphatic rings. The summed E-state index contributed by atoms with van der Waals surface area (Å²) in [5, 5.41) is 10.1. The molecular weight excluding hydrogens is 413 g/mol. The number of nitriles is 1. The van der Waals surface area contributed by atoms with E-state index in [1.54, 1.807) is 12.1 Å². The molecule has 1 fully saturated rings. The standard InChI is InChI=1S/C25H32FN3O.ClH/c1-19(2)25(18-27,23-6-4-14-28(23)3)13-5-15-29-16-11-21(12-17-29)24(30)20-7-9-22(26)10-8-20;/h4,6-10,14,19,21H,5,11-13,15-17H2,1-3H3;1H. The Kier molecular flexibility index (Phi) is 8.85. The summed E-state index contributed by atoms with van der Waals surface area (Å²) in [6, 6.07) is 12.6. The number of hydrogen-bond donors (Lipinski definition) is 0. The van der Waals surface area contributed by atoms with Crippen molar-refractivity contribution in [2.75, 3.05) is 19.6 Å². The molecule has 4 nitrogen and oxygen atoms in total. The van der Waals surface area contributed by atoms with Gasteiger partial charge in [-0.1, -0.05) is 13.8 Å². The van der Waals surface area contributed by atoms with E-state index in [9.17, 15) is 14.4 Å². The zero-order valence-corrected chi connectivity index (χ0v) is 19.5. The van der Waals surface area contributed by atoms with E-state index in [1.807, 2.05) is 19.3 Å². The summed E-state index contributed by atoms with van der Waals surface area (Å²) < 4.78 is 15.2. The average Bonchev–Trinajstić information content (AvgIpc) is 3.18. The van der Waals surface area contributed by atoms with E-state index in [0.29, 0.717) is 5.56 Å². The number of aromatic nitrogens is 1. The van der Waals surface area contributed by atoms with Crippen molar-refractivity contribution < 1.29 is 9.18 Å². The highest BCUT2D eigenvalue weighted by Crippen LogP contribution is 2.36. The molecule has 0 N–H and O–H groups in total. The molecular formula is C25H33ClFN3O. The Morgan fingerprint density at radius 2 is 1.87 bits per heavy atom. The lowest BCUT2D eigenvalue weighted by atomic mass is 9.72. The first-order valence-corrected chi connectivity index (χ1v) is 10.9. The molecule has 6 heteroatoms. The molecule has 0 spiro atoms. The molecule has 3 rings (SSSR count). The van der Waals surface area contributed by atoms with Crippen LogP contribution in [0.5, 0.6) is 0 Å². The average molecular weight is 446 g/mol. The van der Waals surface area contributed by atoms with Crippen LogP contribution < -0.4 is 0 Å². The Morgan fingerprint density at radius 1 is 1.23 bits per heavy atom. The maximum Gasteiger partial charge on any atom is 0.166 e. The number of carbonyl (C=O) groups is 1. The third kappa shape index (κ3) is 5.56. The van der Waals surface area contributed by atoms with Gasteiger partial charge in [0.2, 0.25) is 0 Å². The van der Waals surface area contributed by atoms with Crippen molar-refractivity contribution in [3.05, 3.63) is 59.7 Å². The van der Waals surface area contributed by atoms with Gasteiger partial charge < -0.3 is 9.47 Å². The minimum Gasteiger partial charge on any atom is -0.353 e. The Morgan fingerprint density at radius 3 is 2.39 bits per heavy atom. The molecule has 0 saturated carbocycles. The van der Waals surface area contributed by atoms with Gasteiger partial charge in [-0.05, 0) is 87.6 Å². The van der Waals surface area contributed by atoms with Gasteiger partial charge in [0.1, 0.15) is 5.82 Å². The van der Waals surface area contributed by atoms with E-state index in [1.165, 1.54) is 12.1 Å². The number of halogens is 2. The van der Waals surface area contributed by atoms with Crippen LogP contribution in [-0.2, 0) is 12.5 Å². The Balaban J connectivity index is 0.00000341. The third-order valence-corrected chi connectivity index (χ3v) is 6.72. The number of ketones is 1. The van der Waals surface area contributed by atoms with Crippen molar-refractivity contribution >= 4 is 18.2 Å². The van der Waals surface area contributed by atoms with E-state index < -0.39 is 5.41 Å². The SMILES string of the molecule is CC(C)C(C#N)(CCCN1CCC(C(=O)c2ccc(F)cc2)CC1)c1cccn1C.Cl. The molecule has 1 aliphatic heterocycles. The summed E-state index contributed by atoms with van der Waals surface area (Å²) in [5.74, 6) is 0.0623. The molecule has 1 aromatic heterocycles. The highest BCUT2D eigenvalue weighted by molar-refractivity contribution is 5.97. The fourth-order valence-electron chi connectivity index (χ4n) is 4.73. The molecule has 0 bridgehead atoms. The second-order valence-electron chi connectivity index (χ2n) is 8.83. The second-order valence-corrected chi connectivity index (χ2v) is 8.83. The molecule has 2 heterocycles. The summed E-state index contributed by atoms with van der Waals surface area (Å²) in [5.41, 5.74) is 1.21. The fraction of sp³-hybridized carbons (Fsp3) is 0.520. The zero-order chi connectivity index (χ0) is 21.7. The van der Waals surface area contributed by atoms with Crippen LogP contribution in [0.2, 0.25) is 0 Å². The lowest BCUT2D eigenvalue weighted by molar-refractivity contribution is 0.0837. The monoisotopic (exact) mass is 445 g/mol.